The van der Waals surface area contributed by atoms with E-state index in [0.29, 0.717) is 0 Å². The average molecular weight is 1350 g/mol. The van der Waals surface area contributed by atoms with Gasteiger partial charge in [0.25, 0.3) is 0 Å². The molecule has 0 bridgehead atoms. The van der Waals surface area contributed by atoms with Gasteiger partial charge in [-0.1, -0.05) is 330 Å². The highest BCUT2D eigenvalue weighted by molar-refractivity contribution is 5.73. The van der Waals surface area contributed by atoms with E-state index in [-0.39, 0.29) is 25.7 Å². The Morgan fingerprint density at radius 3 is 0.396 bits per heavy atom. The van der Waals surface area contributed by atoms with Crippen LogP contribution < -0.4 is 0 Å². The zero-order valence-corrected chi connectivity index (χ0v) is 61.7. The minimum absolute atomic E-state index is 0.210. The first kappa shape index (κ1) is 98.0. The lowest BCUT2D eigenvalue weighted by molar-refractivity contribution is -0.147. The SMILES string of the molecule is C=CCCCCCCCCCCCC=CCC(O)C(=O)O.C=CCCCCCCCCCCCCCC=CCC(O)C(=O)O.C=CCCCCCCCCCCCCCCCC=CCC(O)C(=O)O.C=CCCCCCCCCCCCCCCCCCC=CCC(O)C(=O)O. The van der Waals surface area contributed by atoms with Gasteiger partial charge in [0.1, 0.15) is 0 Å². The van der Waals surface area contributed by atoms with Crippen molar-refractivity contribution < 1.29 is 60.0 Å². The number of hydrogen-bond acceptors (Lipinski definition) is 8. The second kappa shape index (κ2) is 86.7. The van der Waals surface area contributed by atoms with E-state index in [2.05, 4.69) is 26.3 Å². The molecule has 0 heterocycles. The Hall–Kier alpha value is -4.36. The van der Waals surface area contributed by atoms with Gasteiger partial charge in [-0.3, -0.25) is 0 Å². The fourth-order valence-corrected chi connectivity index (χ4v) is 11.0. The summed E-state index contributed by atoms with van der Waals surface area (Å²) in [6.45, 7) is 15.0. The number of unbranched alkanes of at least 4 members (excludes halogenated alkanes) is 52. The van der Waals surface area contributed by atoms with Gasteiger partial charge in [-0.15, -0.1) is 26.3 Å². The zero-order chi connectivity index (χ0) is 71.5. The van der Waals surface area contributed by atoms with Crippen LogP contribution in [0.3, 0.4) is 0 Å². The smallest absolute Gasteiger partial charge is 0.332 e. The Labute approximate surface area is 590 Å². The third-order valence-corrected chi connectivity index (χ3v) is 17.4. The Morgan fingerprint density at radius 2 is 0.292 bits per heavy atom. The van der Waals surface area contributed by atoms with Gasteiger partial charge in [0.2, 0.25) is 0 Å². The topological polar surface area (TPSA) is 230 Å². The summed E-state index contributed by atoms with van der Waals surface area (Å²) in [4.78, 5) is 41.6. The van der Waals surface area contributed by atoms with Gasteiger partial charge in [0.05, 0.1) is 0 Å². The molecule has 96 heavy (non-hydrogen) atoms. The molecule has 0 aliphatic rings. The molecule has 0 amide bonds. The third-order valence-electron chi connectivity index (χ3n) is 17.4. The van der Waals surface area contributed by atoms with Crippen molar-refractivity contribution in [1.29, 1.82) is 0 Å². The fourth-order valence-electron chi connectivity index (χ4n) is 11.0. The first-order valence-electron chi connectivity index (χ1n) is 39.4. The van der Waals surface area contributed by atoms with Crippen LogP contribution in [0.2, 0.25) is 0 Å². The highest BCUT2D eigenvalue weighted by Gasteiger charge is 2.12. The minimum atomic E-state index is -1.26. The number of carbonyl (C=O) groups is 4. The average Bonchev–Trinajstić information content (AvgIpc) is 3.61. The molecule has 0 aromatic rings. The summed E-state index contributed by atoms with van der Waals surface area (Å²) in [5.41, 5.74) is 0. The van der Waals surface area contributed by atoms with Crippen LogP contribution in [0, 0.1) is 0 Å². The largest absolute Gasteiger partial charge is 0.479 e. The highest BCUT2D eigenvalue weighted by atomic mass is 16.4. The molecule has 12 nitrogen and oxygen atoms in total. The molecular formula is C84H152O12. The van der Waals surface area contributed by atoms with Crippen molar-refractivity contribution in [2.45, 2.75) is 410 Å². The first-order chi connectivity index (χ1) is 46.7. The number of allylic oxidation sites excluding steroid dienone is 8. The molecule has 0 fully saturated rings. The number of aliphatic hydroxyl groups excluding tert-OH is 4. The Morgan fingerprint density at radius 1 is 0.188 bits per heavy atom. The van der Waals surface area contributed by atoms with Crippen LogP contribution in [0.25, 0.3) is 0 Å². The summed E-state index contributed by atoms with van der Waals surface area (Å²) in [7, 11) is 0. The molecule has 0 aliphatic heterocycles. The number of rotatable bonds is 72. The van der Waals surface area contributed by atoms with Crippen molar-refractivity contribution in [1.82, 2.24) is 0 Å². The molecule has 0 aromatic heterocycles. The van der Waals surface area contributed by atoms with Crippen LogP contribution in [-0.4, -0.2) is 89.1 Å². The Balaban J connectivity index is -0.000000590. The van der Waals surface area contributed by atoms with E-state index in [4.69, 9.17) is 40.9 Å². The van der Waals surface area contributed by atoms with Crippen LogP contribution in [0.4, 0.5) is 0 Å². The predicted octanol–water partition coefficient (Wildman–Crippen LogP) is 24.1. The maximum Gasteiger partial charge on any atom is 0.332 e. The molecule has 0 aliphatic carbocycles. The number of aliphatic hydroxyl groups is 4. The van der Waals surface area contributed by atoms with Crippen molar-refractivity contribution in [3.05, 3.63) is 99.2 Å². The van der Waals surface area contributed by atoms with E-state index < -0.39 is 48.3 Å². The molecule has 12 heteroatoms. The number of carboxylic acids is 4. The van der Waals surface area contributed by atoms with Crippen LogP contribution in [0.5, 0.6) is 0 Å². The molecule has 0 radical (unpaired) electrons. The third kappa shape index (κ3) is 91.7. The lowest BCUT2D eigenvalue weighted by Crippen LogP contribution is -2.17. The van der Waals surface area contributed by atoms with Crippen LogP contribution in [-0.2, 0) is 19.2 Å². The predicted molar refractivity (Wildman–Crippen MR) is 409 cm³/mol. The summed E-state index contributed by atoms with van der Waals surface area (Å²) < 4.78 is 0. The normalized spacial score (nSPS) is 12.5. The van der Waals surface area contributed by atoms with Crippen LogP contribution in [0.1, 0.15) is 385 Å². The number of aliphatic carboxylic acids is 4. The van der Waals surface area contributed by atoms with Crippen molar-refractivity contribution in [2.24, 2.45) is 0 Å². The van der Waals surface area contributed by atoms with E-state index in [0.717, 1.165) is 64.2 Å². The summed E-state index contributed by atoms with van der Waals surface area (Å²) >= 11 is 0. The van der Waals surface area contributed by atoms with Gasteiger partial charge in [-0.25, -0.2) is 19.2 Å². The molecular weight excluding hydrogens is 1200 g/mol. The van der Waals surface area contributed by atoms with Gasteiger partial charge < -0.3 is 40.9 Å². The van der Waals surface area contributed by atoms with Gasteiger partial charge in [-0.05, 0) is 103 Å². The van der Waals surface area contributed by atoms with E-state index >= 15 is 0 Å². The summed E-state index contributed by atoms with van der Waals surface area (Å²) in [6.07, 6.45) is 91.5. The van der Waals surface area contributed by atoms with Crippen molar-refractivity contribution >= 4 is 23.9 Å². The lowest BCUT2D eigenvalue weighted by Gasteiger charge is -2.03. The van der Waals surface area contributed by atoms with Crippen LogP contribution in [0.15, 0.2) is 99.2 Å². The van der Waals surface area contributed by atoms with E-state index in [1.165, 1.54) is 295 Å². The quantitative estimate of drug-likeness (QED) is 0.0210. The molecule has 0 saturated heterocycles. The number of carboxylic acid groups (broad SMARTS) is 4. The van der Waals surface area contributed by atoms with Crippen LogP contribution >= 0.6 is 0 Å². The van der Waals surface area contributed by atoms with Gasteiger partial charge in [0, 0.05) is 25.7 Å². The molecule has 0 rings (SSSR count). The zero-order valence-electron chi connectivity index (χ0n) is 61.7. The summed E-state index contributed by atoms with van der Waals surface area (Å²) in [5.74, 6) is -4.58. The van der Waals surface area contributed by atoms with Gasteiger partial charge in [0.15, 0.2) is 24.4 Å². The van der Waals surface area contributed by atoms with Crippen molar-refractivity contribution in [3.8, 4) is 0 Å². The second-order valence-electron chi connectivity index (χ2n) is 26.7. The summed E-state index contributed by atoms with van der Waals surface area (Å²) in [6, 6.07) is 0. The van der Waals surface area contributed by atoms with Gasteiger partial charge in [-0.2, -0.15) is 0 Å². The van der Waals surface area contributed by atoms with Gasteiger partial charge >= 0.3 is 23.9 Å². The standard InChI is InChI=1S/C24H44O3.C22H40O3.C20H36O3.C18H32O3/c1-2-3-4-5-6-7-8-9-10-11-12-13-14-15-16-17-18-19-20-21-22-23(25)24(26)27;1-2-3-4-5-6-7-8-9-10-11-12-13-14-15-16-17-18-19-20-21(23)22(24)25;1-2-3-4-5-6-7-8-9-10-11-12-13-14-15-16-17-18-19(21)20(22)23;1-2-3-4-5-6-7-8-9-10-11-12-13-14-15-16-17(19)18(20)21/h2,20-21,23,25H,1,3-19,22H2,(H,26,27);2,18-19,21,23H,1,3-17,20H2,(H,24,25);2,16-17,19,21H,1,3-15,18H2,(H,22,23);2,14-15,17,19H,1,3-13,16H2,(H,20,21). The summed E-state index contributed by atoms with van der Waals surface area (Å²) in [5, 5.41) is 70.5. The van der Waals surface area contributed by atoms with E-state index in [9.17, 15) is 19.2 Å². The first-order valence-corrected chi connectivity index (χ1v) is 39.4. The number of hydrogen-bond donors (Lipinski definition) is 8. The Kier molecular flexibility index (Phi) is 88.6. The monoisotopic (exact) mass is 1350 g/mol. The van der Waals surface area contributed by atoms with Crippen molar-refractivity contribution in [3.63, 3.8) is 0 Å². The van der Waals surface area contributed by atoms with E-state index in [1.54, 1.807) is 24.3 Å². The maximum absolute atomic E-state index is 10.4. The minimum Gasteiger partial charge on any atom is -0.479 e. The molecule has 0 saturated carbocycles. The fraction of sp³-hybridized carbons (Fsp3) is 0.762. The molecule has 0 spiro atoms. The highest BCUT2D eigenvalue weighted by Crippen LogP contribution is 2.18. The lowest BCUT2D eigenvalue weighted by atomic mass is 10.0. The molecule has 4 atom stereocenters. The molecule has 8 N–H and O–H groups in total. The van der Waals surface area contributed by atoms with E-state index in [1.807, 2.05) is 48.6 Å². The molecule has 4 unspecified atom stereocenters. The Bertz CT molecular complexity index is 1800. The molecule has 560 valence electrons. The van der Waals surface area contributed by atoms with Crippen molar-refractivity contribution in [2.75, 3.05) is 0 Å². The second-order valence-corrected chi connectivity index (χ2v) is 26.7. The maximum atomic E-state index is 10.4. The molecule has 0 aromatic carbocycles.